The molecule has 1 aromatic carbocycles. The van der Waals surface area contributed by atoms with Gasteiger partial charge in [0.05, 0.1) is 17.1 Å². The Hall–Kier alpha value is -0.950. The predicted molar refractivity (Wildman–Crippen MR) is 136 cm³/mol. The minimum Gasteiger partial charge on any atom is -0.388 e. The van der Waals surface area contributed by atoms with Crippen LogP contribution in [0.25, 0.3) is 0 Å². The molecule has 33 heavy (non-hydrogen) atoms. The molecule has 192 valence electrons. The lowest BCUT2D eigenvalue weighted by molar-refractivity contribution is -0.0837. The van der Waals surface area contributed by atoms with Crippen LogP contribution in [0.2, 0.25) is 0 Å². The molecular weight excluding hydrogens is 436 g/mol. The summed E-state index contributed by atoms with van der Waals surface area (Å²) in [5.41, 5.74) is -0.449. The minimum absolute atomic E-state index is 0.0445. The monoisotopic (exact) mass is 484 g/mol. The van der Waals surface area contributed by atoms with Gasteiger partial charge in [-0.1, -0.05) is 96.8 Å². The van der Waals surface area contributed by atoms with Gasteiger partial charge in [0.25, 0.3) is 10.1 Å². The Kier molecular flexibility index (Phi) is 13.2. The second-order valence-corrected chi connectivity index (χ2v) is 12.4. The standard InChI is InChI=1S/C27H48O5S/c1-21(2)10-7-11-22(3)12-8-13-23(4)14-9-19-27(6,29)26(28)20-32-33(30,31)25-17-15-24(5)16-18-25/h15-18,21-23,26,28-29H,7-14,19-20H2,1-6H3. The van der Waals surface area contributed by atoms with Crippen LogP contribution in [0.3, 0.4) is 0 Å². The number of hydrogen-bond acceptors (Lipinski definition) is 5. The molecule has 0 aliphatic carbocycles. The summed E-state index contributed by atoms with van der Waals surface area (Å²) in [5, 5.41) is 21.0. The van der Waals surface area contributed by atoms with Crippen LogP contribution in [-0.2, 0) is 14.3 Å². The van der Waals surface area contributed by atoms with Crippen LogP contribution in [0, 0.1) is 24.7 Å². The highest BCUT2D eigenvalue weighted by molar-refractivity contribution is 7.86. The Balaban J connectivity index is 2.30. The zero-order valence-electron chi connectivity index (χ0n) is 21.7. The van der Waals surface area contributed by atoms with Crippen LogP contribution in [0.5, 0.6) is 0 Å². The number of aliphatic hydroxyl groups is 2. The van der Waals surface area contributed by atoms with E-state index in [1.807, 2.05) is 6.92 Å². The lowest BCUT2D eigenvalue weighted by atomic mass is 9.88. The molecule has 0 spiro atoms. The van der Waals surface area contributed by atoms with Crippen LogP contribution in [0.1, 0.15) is 98.0 Å². The van der Waals surface area contributed by atoms with E-state index in [2.05, 4.69) is 27.7 Å². The van der Waals surface area contributed by atoms with Crippen LogP contribution in [0.4, 0.5) is 0 Å². The molecule has 1 aromatic rings. The third-order valence-electron chi connectivity index (χ3n) is 6.66. The fraction of sp³-hybridized carbons (Fsp3) is 0.778. The molecule has 0 aromatic heterocycles. The van der Waals surface area contributed by atoms with Gasteiger partial charge in [0.2, 0.25) is 0 Å². The van der Waals surface area contributed by atoms with Crippen LogP contribution < -0.4 is 0 Å². The Morgan fingerprint density at radius 2 is 1.36 bits per heavy atom. The lowest BCUT2D eigenvalue weighted by Gasteiger charge is -2.29. The maximum atomic E-state index is 12.3. The summed E-state index contributed by atoms with van der Waals surface area (Å²) in [5.74, 6) is 2.14. The van der Waals surface area contributed by atoms with Crippen molar-refractivity contribution in [1.82, 2.24) is 0 Å². The van der Waals surface area contributed by atoms with Crippen molar-refractivity contribution < 1.29 is 22.8 Å². The quantitative estimate of drug-likeness (QED) is 0.255. The molecule has 1 rings (SSSR count). The van der Waals surface area contributed by atoms with Gasteiger partial charge < -0.3 is 10.2 Å². The third-order valence-corrected chi connectivity index (χ3v) is 7.96. The normalized spacial score (nSPS) is 17.0. The van der Waals surface area contributed by atoms with Crippen molar-refractivity contribution in [2.45, 2.75) is 116 Å². The highest BCUT2D eigenvalue weighted by Crippen LogP contribution is 2.25. The van der Waals surface area contributed by atoms with E-state index < -0.39 is 28.4 Å². The van der Waals surface area contributed by atoms with E-state index in [-0.39, 0.29) is 4.90 Å². The first kappa shape index (κ1) is 30.1. The van der Waals surface area contributed by atoms with E-state index in [0.717, 1.165) is 30.2 Å². The molecule has 0 fully saturated rings. The predicted octanol–water partition coefficient (Wildman–Crippen LogP) is 6.25. The molecule has 0 saturated carbocycles. The third kappa shape index (κ3) is 12.4. The molecular formula is C27H48O5S. The molecule has 0 radical (unpaired) electrons. The van der Waals surface area contributed by atoms with E-state index in [4.69, 9.17) is 4.18 Å². The number of benzene rings is 1. The van der Waals surface area contributed by atoms with Gasteiger partial charge >= 0.3 is 0 Å². The fourth-order valence-corrected chi connectivity index (χ4v) is 4.97. The van der Waals surface area contributed by atoms with Gasteiger partial charge in [-0.15, -0.1) is 0 Å². The van der Waals surface area contributed by atoms with Gasteiger partial charge in [-0.2, -0.15) is 8.42 Å². The maximum Gasteiger partial charge on any atom is 0.297 e. The minimum atomic E-state index is -3.97. The SMILES string of the molecule is Cc1ccc(S(=O)(=O)OCC(O)C(C)(O)CCCC(C)CCCC(C)CCCC(C)C)cc1. The molecule has 0 saturated heterocycles. The smallest absolute Gasteiger partial charge is 0.297 e. The average Bonchev–Trinajstić information content (AvgIpc) is 2.72. The molecule has 0 aliphatic heterocycles. The fourth-order valence-electron chi connectivity index (χ4n) is 4.06. The summed E-state index contributed by atoms with van der Waals surface area (Å²) in [6.45, 7) is 12.1. The molecule has 0 heterocycles. The second kappa shape index (κ2) is 14.4. The van der Waals surface area contributed by atoms with Crippen LogP contribution >= 0.6 is 0 Å². The van der Waals surface area contributed by atoms with Crippen molar-refractivity contribution in [2.24, 2.45) is 17.8 Å². The van der Waals surface area contributed by atoms with Crippen LogP contribution in [0.15, 0.2) is 29.2 Å². The van der Waals surface area contributed by atoms with Gasteiger partial charge in [0.15, 0.2) is 0 Å². The zero-order chi connectivity index (χ0) is 25.1. The van der Waals surface area contributed by atoms with E-state index in [9.17, 15) is 18.6 Å². The maximum absolute atomic E-state index is 12.3. The van der Waals surface area contributed by atoms with Crippen molar-refractivity contribution in [3.8, 4) is 0 Å². The number of rotatable bonds is 17. The average molecular weight is 485 g/mol. The second-order valence-electron chi connectivity index (χ2n) is 10.8. The van der Waals surface area contributed by atoms with E-state index >= 15 is 0 Å². The molecule has 0 amide bonds. The van der Waals surface area contributed by atoms with E-state index in [0.29, 0.717) is 12.3 Å². The Morgan fingerprint density at radius 1 is 0.879 bits per heavy atom. The summed E-state index contributed by atoms with van der Waals surface area (Å²) in [7, 11) is -3.97. The molecule has 6 heteroatoms. The molecule has 5 nitrogen and oxygen atoms in total. The first-order valence-electron chi connectivity index (χ1n) is 12.7. The van der Waals surface area contributed by atoms with Gasteiger partial charge in [-0.05, 0) is 50.2 Å². The van der Waals surface area contributed by atoms with Gasteiger partial charge in [0, 0.05) is 0 Å². The molecule has 0 aliphatic rings. The largest absolute Gasteiger partial charge is 0.388 e. The summed E-state index contributed by atoms with van der Waals surface area (Å²) < 4.78 is 29.6. The van der Waals surface area contributed by atoms with Crippen LogP contribution in [-0.4, -0.2) is 36.9 Å². The lowest BCUT2D eigenvalue weighted by Crippen LogP contribution is -2.42. The Bertz CT molecular complexity index is 755. The number of aliphatic hydroxyl groups excluding tert-OH is 1. The van der Waals surface area contributed by atoms with Crippen molar-refractivity contribution in [3.05, 3.63) is 29.8 Å². The highest BCUT2D eigenvalue weighted by Gasteiger charge is 2.32. The first-order chi connectivity index (χ1) is 15.3. The van der Waals surface area contributed by atoms with Gasteiger partial charge in [0.1, 0.15) is 6.10 Å². The zero-order valence-corrected chi connectivity index (χ0v) is 22.5. The summed E-state index contributed by atoms with van der Waals surface area (Å²) in [4.78, 5) is 0.0445. The Morgan fingerprint density at radius 3 is 1.88 bits per heavy atom. The summed E-state index contributed by atoms with van der Waals surface area (Å²) in [6, 6.07) is 6.33. The number of aryl methyl sites for hydroxylation is 1. The van der Waals surface area contributed by atoms with E-state index in [1.165, 1.54) is 50.7 Å². The van der Waals surface area contributed by atoms with Gasteiger partial charge in [-0.25, -0.2) is 0 Å². The molecule has 4 unspecified atom stereocenters. The topological polar surface area (TPSA) is 83.8 Å². The van der Waals surface area contributed by atoms with Gasteiger partial charge in [-0.3, -0.25) is 4.18 Å². The molecule has 0 bridgehead atoms. The van der Waals surface area contributed by atoms with E-state index in [1.54, 1.807) is 19.1 Å². The summed E-state index contributed by atoms with van der Waals surface area (Å²) in [6.07, 6.45) is 8.51. The van der Waals surface area contributed by atoms with Crippen molar-refractivity contribution >= 4 is 10.1 Å². The molecule has 2 N–H and O–H groups in total. The molecule has 4 atom stereocenters. The number of hydrogen-bond donors (Lipinski definition) is 2. The first-order valence-corrected chi connectivity index (χ1v) is 14.1. The van der Waals surface area contributed by atoms with Crippen molar-refractivity contribution in [3.63, 3.8) is 0 Å². The Labute approximate surface area is 203 Å². The van der Waals surface area contributed by atoms with Crippen molar-refractivity contribution in [2.75, 3.05) is 6.61 Å². The summed E-state index contributed by atoms with van der Waals surface area (Å²) >= 11 is 0. The highest BCUT2D eigenvalue weighted by atomic mass is 32.2. The van der Waals surface area contributed by atoms with Crippen molar-refractivity contribution in [1.29, 1.82) is 0 Å².